The molecule has 0 radical (unpaired) electrons. The second-order valence-electron chi connectivity index (χ2n) is 4.73. The SMILES string of the molecule is CC(NC(=O)COC(=O)c1cc(Cl)cc(Cl)c1N)c1cccs1. The van der Waals surface area contributed by atoms with Crippen molar-refractivity contribution in [3.8, 4) is 0 Å². The van der Waals surface area contributed by atoms with Crippen LogP contribution in [0.15, 0.2) is 29.6 Å². The Bertz CT molecular complexity index is 720. The smallest absolute Gasteiger partial charge is 0.340 e. The van der Waals surface area contributed by atoms with Crippen LogP contribution < -0.4 is 11.1 Å². The molecule has 0 aliphatic heterocycles. The maximum Gasteiger partial charge on any atom is 0.340 e. The third-order valence-corrected chi connectivity index (χ3v) is 4.58. The first kappa shape index (κ1) is 17.6. The van der Waals surface area contributed by atoms with E-state index < -0.39 is 18.5 Å². The van der Waals surface area contributed by atoms with E-state index in [2.05, 4.69) is 5.32 Å². The van der Waals surface area contributed by atoms with Gasteiger partial charge in [-0.2, -0.15) is 0 Å². The van der Waals surface area contributed by atoms with Gasteiger partial charge in [-0.1, -0.05) is 29.3 Å². The summed E-state index contributed by atoms with van der Waals surface area (Å²) in [5.41, 5.74) is 5.81. The average molecular weight is 373 g/mol. The van der Waals surface area contributed by atoms with Gasteiger partial charge in [-0.15, -0.1) is 11.3 Å². The molecule has 3 N–H and O–H groups in total. The minimum Gasteiger partial charge on any atom is -0.452 e. The molecule has 0 aliphatic carbocycles. The van der Waals surface area contributed by atoms with Crippen molar-refractivity contribution >= 4 is 52.1 Å². The summed E-state index contributed by atoms with van der Waals surface area (Å²) in [6.07, 6.45) is 0. The number of esters is 1. The number of amides is 1. The zero-order valence-electron chi connectivity index (χ0n) is 12.1. The van der Waals surface area contributed by atoms with Gasteiger partial charge in [0.05, 0.1) is 22.3 Å². The number of nitrogens with one attached hydrogen (secondary N) is 1. The van der Waals surface area contributed by atoms with Crippen LogP contribution >= 0.6 is 34.5 Å². The molecule has 2 aromatic rings. The van der Waals surface area contributed by atoms with Gasteiger partial charge in [0.2, 0.25) is 0 Å². The minimum atomic E-state index is -0.758. The summed E-state index contributed by atoms with van der Waals surface area (Å²) in [6.45, 7) is 1.43. The second kappa shape index (κ2) is 7.68. The van der Waals surface area contributed by atoms with Crippen molar-refractivity contribution in [3.05, 3.63) is 50.1 Å². The van der Waals surface area contributed by atoms with Gasteiger partial charge in [0, 0.05) is 9.90 Å². The molecule has 1 heterocycles. The van der Waals surface area contributed by atoms with Crippen molar-refractivity contribution in [2.24, 2.45) is 0 Å². The topological polar surface area (TPSA) is 81.4 Å². The van der Waals surface area contributed by atoms with Gasteiger partial charge in [0.25, 0.3) is 5.91 Å². The average Bonchev–Trinajstić information content (AvgIpc) is 3.02. The Kier molecular flexibility index (Phi) is 5.87. The molecule has 2 rings (SSSR count). The van der Waals surface area contributed by atoms with Gasteiger partial charge < -0.3 is 15.8 Å². The number of carbonyl (C=O) groups is 2. The molecule has 1 atom stereocenters. The van der Waals surface area contributed by atoms with E-state index in [1.807, 2.05) is 24.4 Å². The largest absolute Gasteiger partial charge is 0.452 e. The Morgan fingerprint density at radius 2 is 2.13 bits per heavy atom. The molecule has 0 aliphatic rings. The lowest BCUT2D eigenvalue weighted by Crippen LogP contribution is -2.30. The number of halogens is 2. The number of thiophene rings is 1. The van der Waals surface area contributed by atoms with Crippen LogP contribution in [0.5, 0.6) is 0 Å². The summed E-state index contributed by atoms with van der Waals surface area (Å²) in [6, 6.07) is 6.42. The highest BCUT2D eigenvalue weighted by Crippen LogP contribution is 2.28. The molecule has 0 saturated heterocycles. The lowest BCUT2D eigenvalue weighted by atomic mass is 10.2. The van der Waals surface area contributed by atoms with Gasteiger partial charge >= 0.3 is 5.97 Å². The van der Waals surface area contributed by atoms with Crippen LogP contribution in [0, 0.1) is 0 Å². The van der Waals surface area contributed by atoms with Crippen LogP contribution in [0.3, 0.4) is 0 Å². The summed E-state index contributed by atoms with van der Waals surface area (Å²) in [4.78, 5) is 24.8. The van der Waals surface area contributed by atoms with Crippen LogP contribution in [-0.4, -0.2) is 18.5 Å². The lowest BCUT2D eigenvalue weighted by Gasteiger charge is -2.13. The molecule has 1 aromatic carbocycles. The number of ether oxygens (including phenoxy) is 1. The minimum absolute atomic E-state index is 0.0293. The predicted molar refractivity (Wildman–Crippen MR) is 92.0 cm³/mol. The van der Waals surface area contributed by atoms with E-state index in [4.69, 9.17) is 33.7 Å². The van der Waals surface area contributed by atoms with Crippen LogP contribution in [0.4, 0.5) is 5.69 Å². The van der Waals surface area contributed by atoms with Crippen LogP contribution in [0.25, 0.3) is 0 Å². The standard InChI is InChI=1S/C15H14Cl2N2O3S/c1-8(12-3-2-4-23-12)19-13(20)7-22-15(21)10-5-9(16)6-11(17)14(10)18/h2-6,8H,7,18H2,1H3,(H,19,20). The van der Waals surface area contributed by atoms with E-state index in [9.17, 15) is 9.59 Å². The summed E-state index contributed by atoms with van der Waals surface area (Å²) in [7, 11) is 0. The summed E-state index contributed by atoms with van der Waals surface area (Å²) in [5, 5.41) is 5.07. The third-order valence-electron chi connectivity index (χ3n) is 3.00. The maximum absolute atomic E-state index is 12.0. The monoisotopic (exact) mass is 372 g/mol. The highest BCUT2D eigenvalue weighted by molar-refractivity contribution is 7.10. The van der Waals surface area contributed by atoms with Crippen molar-refractivity contribution in [2.75, 3.05) is 12.3 Å². The lowest BCUT2D eigenvalue weighted by molar-refractivity contribution is -0.124. The van der Waals surface area contributed by atoms with Gasteiger partial charge in [0.1, 0.15) is 0 Å². The molecule has 8 heteroatoms. The van der Waals surface area contributed by atoms with Gasteiger partial charge in [0.15, 0.2) is 6.61 Å². The number of nitrogen functional groups attached to an aromatic ring is 1. The highest BCUT2D eigenvalue weighted by Gasteiger charge is 2.17. The number of hydrogen-bond donors (Lipinski definition) is 2. The van der Waals surface area contributed by atoms with Crippen LogP contribution in [0.1, 0.15) is 28.2 Å². The molecule has 1 unspecified atom stereocenters. The number of benzene rings is 1. The molecule has 0 saturated carbocycles. The summed E-state index contributed by atoms with van der Waals surface area (Å²) < 4.78 is 4.95. The predicted octanol–water partition coefficient (Wildman–Crippen LogP) is 3.67. The maximum atomic E-state index is 12.0. The molecule has 122 valence electrons. The molecule has 0 fully saturated rings. The third kappa shape index (κ3) is 4.60. The Hall–Kier alpha value is -1.76. The quantitative estimate of drug-likeness (QED) is 0.619. The fraction of sp³-hybridized carbons (Fsp3) is 0.200. The fourth-order valence-corrected chi connectivity index (χ4v) is 3.08. The van der Waals surface area contributed by atoms with Gasteiger partial charge in [-0.25, -0.2) is 4.79 Å². The van der Waals surface area contributed by atoms with Gasteiger partial charge in [-0.05, 0) is 30.5 Å². The normalized spacial score (nSPS) is 11.8. The molecule has 1 aromatic heterocycles. The Morgan fingerprint density at radius 1 is 1.39 bits per heavy atom. The Morgan fingerprint density at radius 3 is 2.78 bits per heavy atom. The number of hydrogen-bond acceptors (Lipinski definition) is 5. The summed E-state index contributed by atoms with van der Waals surface area (Å²) >= 11 is 13.2. The van der Waals surface area contributed by atoms with Gasteiger partial charge in [-0.3, -0.25) is 4.79 Å². The first-order valence-corrected chi connectivity index (χ1v) is 8.26. The molecule has 1 amide bonds. The number of nitrogens with two attached hydrogens (primary N) is 1. The molecular formula is C15H14Cl2N2O3S. The molecule has 5 nitrogen and oxygen atoms in total. The Labute approximate surface area is 147 Å². The zero-order chi connectivity index (χ0) is 17.0. The van der Waals surface area contributed by atoms with Crippen molar-refractivity contribution in [1.82, 2.24) is 5.32 Å². The van der Waals surface area contributed by atoms with E-state index in [1.54, 1.807) is 0 Å². The van der Waals surface area contributed by atoms with Crippen LogP contribution in [-0.2, 0) is 9.53 Å². The molecule has 23 heavy (non-hydrogen) atoms. The molecular weight excluding hydrogens is 359 g/mol. The number of carbonyl (C=O) groups excluding carboxylic acids is 2. The number of rotatable bonds is 5. The fourth-order valence-electron chi connectivity index (χ4n) is 1.85. The van der Waals surface area contributed by atoms with Crippen molar-refractivity contribution in [2.45, 2.75) is 13.0 Å². The van der Waals surface area contributed by atoms with Crippen molar-refractivity contribution in [1.29, 1.82) is 0 Å². The van der Waals surface area contributed by atoms with Crippen molar-refractivity contribution in [3.63, 3.8) is 0 Å². The van der Waals surface area contributed by atoms with E-state index in [0.717, 1.165) is 4.88 Å². The van der Waals surface area contributed by atoms with Crippen molar-refractivity contribution < 1.29 is 14.3 Å². The summed E-state index contributed by atoms with van der Waals surface area (Å²) in [5.74, 6) is -1.17. The Balaban J connectivity index is 1.93. The van der Waals surface area contributed by atoms with E-state index in [-0.39, 0.29) is 27.3 Å². The van der Waals surface area contributed by atoms with Crippen LogP contribution in [0.2, 0.25) is 10.0 Å². The number of anilines is 1. The zero-order valence-corrected chi connectivity index (χ0v) is 14.5. The highest BCUT2D eigenvalue weighted by atomic mass is 35.5. The second-order valence-corrected chi connectivity index (χ2v) is 6.55. The first-order valence-electron chi connectivity index (χ1n) is 6.63. The van der Waals surface area contributed by atoms with E-state index in [1.165, 1.54) is 23.5 Å². The first-order chi connectivity index (χ1) is 10.9. The molecule has 0 bridgehead atoms. The van der Waals surface area contributed by atoms with E-state index in [0.29, 0.717) is 0 Å². The van der Waals surface area contributed by atoms with E-state index >= 15 is 0 Å². The molecule has 0 spiro atoms.